The van der Waals surface area contributed by atoms with E-state index in [1.807, 2.05) is 30.3 Å². The van der Waals surface area contributed by atoms with Crippen molar-refractivity contribution in [3.63, 3.8) is 0 Å². The molecular weight excluding hydrogens is 216 g/mol. The van der Waals surface area contributed by atoms with Gasteiger partial charge in [0.2, 0.25) is 0 Å². The van der Waals surface area contributed by atoms with Crippen molar-refractivity contribution < 1.29 is 9.90 Å². The number of aldehydes is 1. The van der Waals surface area contributed by atoms with Crippen LogP contribution in [0.2, 0.25) is 0 Å². The van der Waals surface area contributed by atoms with Gasteiger partial charge in [-0.3, -0.25) is 4.68 Å². The molecule has 0 saturated heterocycles. The van der Waals surface area contributed by atoms with Crippen LogP contribution in [0.4, 0.5) is 0 Å². The average molecular weight is 230 g/mol. The van der Waals surface area contributed by atoms with Crippen LogP contribution >= 0.6 is 0 Å². The monoisotopic (exact) mass is 230 g/mol. The zero-order valence-corrected chi connectivity index (χ0v) is 9.52. The van der Waals surface area contributed by atoms with Gasteiger partial charge in [-0.15, -0.1) is 0 Å². The number of nitrogens with zero attached hydrogens (tertiary/aromatic N) is 2. The number of benzene rings is 1. The van der Waals surface area contributed by atoms with Crippen molar-refractivity contribution >= 4 is 6.29 Å². The average Bonchev–Trinajstić information content (AvgIpc) is 2.77. The number of aryl methyl sites for hydroxylation is 1. The molecule has 4 heteroatoms. The highest BCUT2D eigenvalue weighted by Gasteiger charge is 2.24. The molecule has 1 N–H and O–H groups in total. The predicted molar refractivity (Wildman–Crippen MR) is 63.4 cm³/mol. The van der Waals surface area contributed by atoms with Gasteiger partial charge in [-0.05, 0) is 11.6 Å². The molecule has 0 aliphatic heterocycles. The lowest BCUT2D eigenvalue weighted by Gasteiger charge is -2.18. The smallest absolute Gasteiger partial charge is 0.130 e. The van der Waals surface area contributed by atoms with Gasteiger partial charge < -0.3 is 9.90 Å². The van der Waals surface area contributed by atoms with Gasteiger partial charge in [0.05, 0.1) is 11.6 Å². The van der Waals surface area contributed by atoms with Crippen molar-refractivity contribution in [1.82, 2.24) is 9.78 Å². The third-order valence-electron chi connectivity index (χ3n) is 2.83. The molecule has 0 aliphatic rings. The van der Waals surface area contributed by atoms with E-state index in [0.29, 0.717) is 5.69 Å². The summed E-state index contributed by atoms with van der Waals surface area (Å²) in [6.07, 6.45) is 1.50. The molecule has 2 atom stereocenters. The van der Waals surface area contributed by atoms with Crippen LogP contribution in [0.1, 0.15) is 23.3 Å². The molecule has 2 aromatic rings. The largest absolute Gasteiger partial charge is 0.386 e. The highest BCUT2D eigenvalue weighted by molar-refractivity contribution is 5.63. The van der Waals surface area contributed by atoms with Gasteiger partial charge in [0, 0.05) is 13.2 Å². The molecule has 88 valence electrons. The zero-order valence-electron chi connectivity index (χ0n) is 9.52. The van der Waals surface area contributed by atoms with E-state index in [9.17, 15) is 9.90 Å². The van der Waals surface area contributed by atoms with Gasteiger partial charge in [-0.1, -0.05) is 30.3 Å². The second kappa shape index (κ2) is 4.93. The first kappa shape index (κ1) is 11.5. The van der Waals surface area contributed by atoms with Crippen molar-refractivity contribution in [2.75, 3.05) is 0 Å². The Labute approximate surface area is 99.5 Å². The molecule has 1 aromatic heterocycles. The summed E-state index contributed by atoms with van der Waals surface area (Å²) in [5, 5.41) is 14.2. The first-order valence-electron chi connectivity index (χ1n) is 5.40. The summed E-state index contributed by atoms with van der Waals surface area (Å²) in [5.41, 5.74) is 1.43. The van der Waals surface area contributed by atoms with Crippen LogP contribution in [0, 0.1) is 0 Å². The molecule has 2 unspecified atom stereocenters. The quantitative estimate of drug-likeness (QED) is 0.808. The molecule has 0 fully saturated rings. The first-order chi connectivity index (χ1) is 8.24. The first-order valence-corrected chi connectivity index (χ1v) is 5.40. The van der Waals surface area contributed by atoms with Gasteiger partial charge in [0.15, 0.2) is 0 Å². The molecule has 0 aliphatic carbocycles. The summed E-state index contributed by atoms with van der Waals surface area (Å²) in [6, 6.07) is 11.0. The fourth-order valence-corrected chi connectivity index (χ4v) is 1.87. The Balaban J connectivity index is 2.31. The minimum absolute atomic E-state index is 0.563. The Hall–Kier alpha value is -1.94. The van der Waals surface area contributed by atoms with Crippen LogP contribution in [0.15, 0.2) is 42.6 Å². The third-order valence-corrected chi connectivity index (χ3v) is 2.83. The maximum absolute atomic E-state index is 11.2. The lowest BCUT2D eigenvalue weighted by molar-refractivity contribution is -0.111. The maximum atomic E-state index is 11.2. The van der Waals surface area contributed by atoms with Crippen molar-refractivity contribution in [3.05, 3.63) is 53.9 Å². The molecule has 1 heterocycles. The molecular formula is C13H14N2O2. The lowest BCUT2D eigenvalue weighted by Crippen LogP contribution is -2.15. The predicted octanol–water partition coefficient (Wildman–Crippen LogP) is 1.44. The van der Waals surface area contributed by atoms with Crippen LogP contribution in [-0.4, -0.2) is 21.2 Å². The Morgan fingerprint density at radius 2 is 2.00 bits per heavy atom. The summed E-state index contributed by atoms with van der Waals surface area (Å²) in [4.78, 5) is 11.2. The van der Waals surface area contributed by atoms with E-state index in [0.717, 1.165) is 11.8 Å². The van der Waals surface area contributed by atoms with Crippen LogP contribution in [0.3, 0.4) is 0 Å². The minimum Gasteiger partial charge on any atom is -0.386 e. The van der Waals surface area contributed by atoms with Crippen LogP contribution < -0.4 is 0 Å². The number of hydrogen-bond donors (Lipinski definition) is 1. The minimum atomic E-state index is -0.873. The normalized spacial score (nSPS) is 14.2. The molecule has 0 spiro atoms. The van der Waals surface area contributed by atoms with Crippen LogP contribution in [0.25, 0.3) is 0 Å². The summed E-state index contributed by atoms with van der Waals surface area (Å²) in [7, 11) is 1.74. The second-order valence-electron chi connectivity index (χ2n) is 3.90. The highest BCUT2D eigenvalue weighted by atomic mass is 16.3. The molecule has 4 nitrogen and oxygen atoms in total. The van der Waals surface area contributed by atoms with Crippen molar-refractivity contribution in [2.45, 2.75) is 12.0 Å². The summed E-state index contributed by atoms with van der Waals surface area (Å²) in [5.74, 6) is -0.563. The number of aromatic nitrogens is 2. The van der Waals surface area contributed by atoms with E-state index in [-0.39, 0.29) is 0 Å². The second-order valence-corrected chi connectivity index (χ2v) is 3.90. The zero-order chi connectivity index (χ0) is 12.3. The van der Waals surface area contributed by atoms with E-state index < -0.39 is 12.0 Å². The molecule has 0 saturated carbocycles. The number of carbonyl (C=O) groups excluding carboxylic acids is 1. The van der Waals surface area contributed by atoms with E-state index in [1.165, 1.54) is 0 Å². The van der Waals surface area contributed by atoms with Crippen LogP contribution in [0.5, 0.6) is 0 Å². The molecule has 1 aromatic carbocycles. The van der Waals surface area contributed by atoms with Gasteiger partial charge in [-0.25, -0.2) is 0 Å². The Morgan fingerprint density at radius 3 is 2.53 bits per heavy atom. The van der Waals surface area contributed by atoms with Gasteiger partial charge in [0.25, 0.3) is 0 Å². The van der Waals surface area contributed by atoms with Gasteiger partial charge in [-0.2, -0.15) is 5.10 Å². The summed E-state index contributed by atoms with van der Waals surface area (Å²) in [6.45, 7) is 0. The number of rotatable bonds is 4. The van der Waals surface area contributed by atoms with E-state index in [2.05, 4.69) is 5.10 Å². The Kier molecular flexibility index (Phi) is 3.35. The number of aliphatic hydroxyl groups excluding tert-OH is 1. The molecule has 0 bridgehead atoms. The summed E-state index contributed by atoms with van der Waals surface area (Å²) >= 11 is 0. The fourth-order valence-electron chi connectivity index (χ4n) is 1.87. The molecule has 0 radical (unpaired) electrons. The number of carbonyl (C=O) groups is 1. The standard InChI is InChI=1S/C13H14N2O2/c1-15-12(7-8-14-15)13(17)11(9-16)10-5-3-2-4-6-10/h2-9,11,13,17H,1H3. The van der Waals surface area contributed by atoms with E-state index in [4.69, 9.17) is 0 Å². The number of hydrogen-bond acceptors (Lipinski definition) is 3. The van der Waals surface area contributed by atoms with E-state index >= 15 is 0 Å². The number of aliphatic hydroxyl groups is 1. The molecule has 17 heavy (non-hydrogen) atoms. The fraction of sp³-hybridized carbons (Fsp3) is 0.231. The Morgan fingerprint density at radius 1 is 1.29 bits per heavy atom. The van der Waals surface area contributed by atoms with Crippen molar-refractivity contribution in [1.29, 1.82) is 0 Å². The van der Waals surface area contributed by atoms with Gasteiger partial charge in [0.1, 0.15) is 12.4 Å². The topological polar surface area (TPSA) is 55.1 Å². The van der Waals surface area contributed by atoms with E-state index in [1.54, 1.807) is 24.0 Å². The van der Waals surface area contributed by atoms with Crippen molar-refractivity contribution in [3.8, 4) is 0 Å². The lowest BCUT2D eigenvalue weighted by atomic mass is 9.93. The maximum Gasteiger partial charge on any atom is 0.130 e. The van der Waals surface area contributed by atoms with Crippen molar-refractivity contribution in [2.24, 2.45) is 7.05 Å². The SMILES string of the molecule is Cn1nccc1C(O)C(C=O)c1ccccc1. The van der Waals surface area contributed by atoms with Gasteiger partial charge >= 0.3 is 0 Å². The Bertz CT molecular complexity index is 493. The highest BCUT2D eigenvalue weighted by Crippen LogP contribution is 2.28. The molecule has 2 rings (SSSR count). The summed E-state index contributed by atoms with van der Waals surface area (Å²) < 4.78 is 1.57. The third kappa shape index (κ3) is 2.26. The molecule has 0 amide bonds. The van der Waals surface area contributed by atoms with Crippen LogP contribution in [-0.2, 0) is 11.8 Å².